The largest absolute Gasteiger partial charge is 0.347 e. The highest BCUT2D eigenvalue weighted by Crippen LogP contribution is 2.25. The molecule has 0 fully saturated rings. The van der Waals surface area contributed by atoms with Crippen molar-refractivity contribution in [2.75, 3.05) is 14.1 Å². The normalized spacial score (nSPS) is 11.7. The third-order valence-electron chi connectivity index (χ3n) is 4.77. The molecule has 1 N–H and O–H groups in total. The monoisotopic (exact) mass is 411 g/mol. The highest BCUT2D eigenvalue weighted by molar-refractivity contribution is 7.89. The summed E-state index contributed by atoms with van der Waals surface area (Å²) in [7, 11) is -0.566. The summed E-state index contributed by atoms with van der Waals surface area (Å²) < 4.78 is 27.9. The van der Waals surface area contributed by atoms with Gasteiger partial charge in [-0.2, -0.15) is 0 Å². The highest BCUT2D eigenvalue weighted by atomic mass is 32.2. The van der Waals surface area contributed by atoms with Gasteiger partial charge in [0.15, 0.2) is 0 Å². The zero-order valence-electron chi connectivity index (χ0n) is 16.8. The number of aromatic nitrogens is 1. The zero-order valence-corrected chi connectivity index (χ0v) is 17.7. The predicted octanol–water partition coefficient (Wildman–Crippen LogP) is 3.32. The van der Waals surface area contributed by atoms with Crippen LogP contribution in [0.3, 0.4) is 0 Å². The van der Waals surface area contributed by atoms with Crippen LogP contribution in [0, 0.1) is 6.92 Å². The van der Waals surface area contributed by atoms with Gasteiger partial charge in [-0.15, -0.1) is 6.58 Å². The van der Waals surface area contributed by atoms with E-state index in [4.69, 9.17) is 0 Å². The van der Waals surface area contributed by atoms with Crippen LogP contribution in [0.2, 0.25) is 0 Å². The van der Waals surface area contributed by atoms with Crippen molar-refractivity contribution in [1.82, 2.24) is 14.2 Å². The third kappa shape index (κ3) is 4.26. The molecule has 1 aromatic heterocycles. The first kappa shape index (κ1) is 20.8. The van der Waals surface area contributed by atoms with Gasteiger partial charge in [0.25, 0.3) is 5.91 Å². The van der Waals surface area contributed by atoms with Crippen LogP contribution in [-0.2, 0) is 23.1 Å². The number of fused-ring (bicyclic) bond motifs is 1. The number of carbonyl (C=O) groups is 1. The number of nitrogens with one attached hydrogen (secondary N) is 1. The topological polar surface area (TPSA) is 71.4 Å². The summed E-state index contributed by atoms with van der Waals surface area (Å²) in [6.07, 6.45) is 1.71. The Labute approximate surface area is 171 Å². The number of benzene rings is 2. The predicted molar refractivity (Wildman–Crippen MR) is 115 cm³/mol. The second kappa shape index (κ2) is 8.23. The Hall–Kier alpha value is -2.90. The second-order valence-electron chi connectivity index (χ2n) is 7.11. The van der Waals surface area contributed by atoms with Crippen LogP contribution in [-0.4, -0.2) is 37.3 Å². The quantitative estimate of drug-likeness (QED) is 0.606. The first-order valence-corrected chi connectivity index (χ1v) is 10.7. The minimum Gasteiger partial charge on any atom is -0.347 e. The smallest absolute Gasteiger partial charge is 0.268 e. The number of rotatable bonds is 7. The maximum Gasteiger partial charge on any atom is 0.268 e. The van der Waals surface area contributed by atoms with Crippen LogP contribution in [0.1, 0.15) is 21.6 Å². The highest BCUT2D eigenvalue weighted by Gasteiger charge is 2.20. The fourth-order valence-electron chi connectivity index (χ4n) is 3.11. The van der Waals surface area contributed by atoms with E-state index in [-0.39, 0.29) is 10.8 Å². The van der Waals surface area contributed by atoms with Gasteiger partial charge in [-0.3, -0.25) is 4.79 Å². The molecular weight excluding hydrogens is 386 g/mol. The number of aryl methyl sites for hydroxylation is 1. The minimum absolute atomic E-state index is 0.192. The van der Waals surface area contributed by atoms with E-state index in [0.717, 1.165) is 16.6 Å². The van der Waals surface area contributed by atoms with Gasteiger partial charge >= 0.3 is 0 Å². The molecule has 152 valence electrons. The molecular formula is C22H25N3O3S. The van der Waals surface area contributed by atoms with Gasteiger partial charge in [-0.1, -0.05) is 35.9 Å². The van der Waals surface area contributed by atoms with Crippen molar-refractivity contribution in [3.05, 3.63) is 78.0 Å². The number of hydrogen-bond acceptors (Lipinski definition) is 3. The van der Waals surface area contributed by atoms with Gasteiger partial charge in [0.05, 0.1) is 4.90 Å². The Morgan fingerprint density at radius 1 is 1.14 bits per heavy atom. The van der Waals surface area contributed by atoms with Gasteiger partial charge < -0.3 is 9.88 Å². The maximum atomic E-state index is 12.8. The number of allylic oxidation sites excluding steroid dienone is 1. The first-order chi connectivity index (χ1) is 13.7. The van der Waals surface area contributed by atoms with Crippen LogP contribution in [0.15, 0.2) is 66.1 Å². The Morgan fingerprint density at radius 3 is 2.45 bits per heavy atom. The second-order valence-corrected chi connectivity index (χ2v) is 9.26. The number of carbonyl (C=O) groups excluding carboxylic acids is 1. The third-order valence-corrected chi connectivity index (χ3v) is 6.58. The van der Waals surface area contributed by atoms with Crippen molar-refractivity contribution in [1.29, 1.82) is 0 Å². The van der Waals surface area contributed by atoms with Crippen molar-refractivity contribution >= 4 is 26.8 Å². The number of nitrogens with zero attached hydrogens (tertiary/aromatic N) is 2. The number of hydrogen-bond donors (Lipinski definition) is 1. The Morgan fingerprint density at radius 2 is 1.83 bits per heavy atom. The standard InChI is InChI=1S/C22H25N3O3S/c1-5-12-25-20-11-10-19(29(27,28)24(3)4)13-18(20)14-21(25)22(26)23-15-17-8-6-16(2)7-9-17/h5-11,13-14H,1,12,15H2,2-4H3,(H,23,26). The fourth-order valence-corrected chi connectivity index (χ4v) is 4.05. The summed E-state index contributed by atoms with van der Waals surface area (Å²) in [5.74, 6) is -0.222. The maximum absolute atomic E-state index is 12.8. The van der Waals surface area contributed by atoms with E-state index in [1.54, 1.807) is 30.3 Å². The summed E-state index contributed by atoms with van der Waals surface area (Å²) in [5.41, 5.74) is 3.42. The molecule has 0 saturated heterocycles. The molecule has 0 aliphatic carbocycles. The lowest BCUT2D eigenvalue weighted by Crippen LogP contribution is -2.25. The van der Waals surface area contributed by atoms with Crippen molar-refractivity contribution in [2.24, 2.45) is 0 Å². The summed E-state index contributed by atoms with van der Waals surface area (Å²) in [5, 5.41) is 3.63. The van der Waals surface area contributed by atoms with Crippen molar-refractivity contribution in [3.8, 4) is 0 Å². The molecule has 7 heteroatoms. The van der Waals surface area contributed by atoms with E-state index in [1.807, 2.05) is 35.8 Å². The lowest BCUT2D eigenvalue weighted by Gasteiger charge is -2.12. The Bertz CT molecular complexity index is 1160. The molecule has 1 amide bonds. The summed E-state index contributed by atoms with van der Waals surface area (Å²) in [6.45, 7) is 6.64. The molecule has 0 bridgehead atoms. The van der Waals surface area contributed by atoms with Gasteiger partial charge in [0.1, 0.15) is 5.69 Å². The lowest BCUT2D eigenvalue weighted by atomic mass is 10.1. The molecule has 0 radical (unpaired) electrons. The van der Waals surface area contributed by atoms with E-state index in [2.05, 4.69) is 11.9 Å². The summed E-state index contributed by atoms with van der Waals surface area (Å²) in [4.78, 5) is 13.0. The average Bonchev–Trinajstić information content (AvgIpc) is 3.05. The van der Waals surface area contributed by atoms with Gasteiger partial charge in [0.2, 0.25) is 10.0 Å². The lowest BCUT2D eigenvalue weighted by molar-refractivity contribution is 0.0942. The molecule has 6 nitrogen and oxygen atoms in total. The zero-order chi connectivity index (χ0) is 21.2. The van der Waals surface area contributed by atoms with Crippen molar-refractivity contribution in [2.45, 2.75) is 24.9 Å². The van der Waals surface area contributed by atoms with Crippen molar-refractivity contribution in [3.63, 3.8) is 0 Å². The molecule has 0 atom stereocenters. The van der Waals surface area contributed by atoms with Crippen LogP contribution in [0.4, 0.5) is 0 Å². The van der Waals surface area contributed by atoms with Crippen LogP contribution < -0.4 is 5.32 Å². The molecule has 0 spiro atoms. The molecule has 3 rings (SSSR count). The molecule has 0 aliphatic heterocycles. The molecule has 0 saturated carbocycles. The minimum atomic E-state index is -3.55. The summed E-state index contributed by atoms with van der Waals surface area (Å²) in [6, 6.07) is 14.6. The SMILES string of the molecule is C=CCn1c(C(=O)NCc2ccc(C)cc2)cc2cc(S(=O)(=O)N(C)C)ccc21. The molecule has 2 aromatic carbocycles. The van der Waals surface area contributed by atoms with Crippen molar-refractivity contribution < 1.29 is 13.2 Å². The van der Waals surface area contributed by atoms with Gasteiger partial charge in [-0.05, 0) is 36.8 Å². The van der Waals surface area contributed by atoms with E-state index < -0.39 is 10.0 Å². The number of amides is 1. The van der Waals surface area contributed by atoms with E-state index in [9.17, 15) is 13.2 Å². The van der Waals surface area contributed by atoms with E-state index in [0.29, 0.717) is 24.2 Å². The van der Waals surface area contributed by atoms with E-state index >= 15 is 0 Å². The van der Waals surface area contributed by atoms with Crippen LogP contribution >= 0.6 is 0 Å². The number of sulfonamides is 1. The fraction of sp³-hybridized carbons (Fsp3) is 0.227. The first-order valence-electron chi connectivity index (χ1n) is 9.24. The Kier molecular flexibility index (Phi) is 5.91. The molecule has 0 unspecified atom stereocenters. The van der Waals surface area contributed by atoms with Gasteiger partial charge in [-0.25, -0.2) is 12.7 Å². The Balaban J connectivity index is 1.95. The van der Waals surface area contributed by atoms with Crippen LogP contribution in [0.5, 0.6) is 0 Å². The molecule has 29 heavy (non-hydrogen) atoms. The molecule has 3 aromatic rings. The van der Waals surface area contributed by atoms with Gasteiger partial charge in [0, 0.05) is 38.1 Å². The molecule has 0 aliphatic rings. The average molecular weight is 412 g/mol. The van der Waals surface area contributed by atoms with Crippen LogP contribution in [0.25, 0.3) is 10.9 Å². The molecule has 1 heterocycles. The summed E-state index contributed by atoms with van der Waals surface area (Å²) >= 11 is 0. The van der Waals surface area contributed by atoms with E-state index in [1.165, 1.54) is 18.4 Å².